The molecule has 4 heterocycles. The van der Waals surface area contributed by atoms with Crippen LogP contribution in [0.1, 0.15) is 22.3 Å². The van der Waals surface area contributed by atoms with Gasteiger partial charge in [-0.05, 0) is 70.8 Å². The topological polar surface area (TPSA) is 129 Å². The van der Waals surface area contributed by atoms with E-state index in [1.807, 2.05) is 48.5 Å². The number of hydrogen-bond donors (Lipinski definition) is 2. The van der Waals surface area contributed by atoms with Gasteiger partial charge in [-0.1, -0.05) is 0 Å². The second-order valence-electron chi connectivity index (χ2n) is 9.13. The third kappa shape index (κ3) is 9.83. The summed E-state index contributed by atoms with van der Waals surface area (Å²) in [7, 11) is 0. The Morgan fingerprint density at radius 1 is 0.450 bits per heavy atom. The molecule has 0 amide bonds. The van der Waals surface area contributed by atoms with Crippen LogP contribution in [0.3, 0.4) is 0 Å². The predicted octanol–water partition coefficient (Wildman–Crippen LogP) is 2.89. The van der Waals surface area contributed by atoms with Gasteiger partial charge in [-0.15, -0.1) is 0 Å². The van der Waals surface area contributed by atoms with Crippen molar-refractivity contribution in [2.75, 3.05) is 13.2 Å². The minimum atomic E-state index is -1.33. The molecular formula is C30H34N4O6. The van der Waals surface area contributed by atoms with E-state index in [0.29, 0.717) is 13.2 Å². The molecule has 10 nitrogen and oxygen atoms in total. The molecule has 0 radical (unpaired) electrons. The van der Waals surface area contributed by atoms with E-state index in [9.17, 15) is 10.2 Å². The molecule has 0 spiro atoms. The quantitative estimate of drug-likeness (QED) is 0.204. The Kier molecular flexibility index (Phi) is 12.1. The molecule has 0 aliphatic heterocycles. The Hall–Kier alpha value is -3.64. The molecule has 0 aliphatic carbocycles. The van der Waals surface area contributed by atoms with Crippen molar-refractivity contribution in [2.45, 2.75) is 50.8 Å². The van der Waals surface area contributed by atoms with Gasteiger partial charge in [0, 0.05) is 49.6 Å². The van der Waals surface area contributed by atoms with Crippen molar-refractivity contribution < 1.29 is 29.2 Å². The molecule has 0 bridgehead atoms. The summed E-state index contributed by atoms with van der Waals surface area (Å²) in [6.45, 7) is 1.10. The molecule has 0 fully saturated rings. The van der Waals surface area contributed by atoms with Gasteiger partial charge in [0.05, 0.1) is 39.6 Å². The highest BCUT2D eigenvalue weighted by Gasteiger charge is 2.34. The molecule has 210 valence electrons. The van der Waals surface area contributed by atoms with Gasteiger partial charge in [-0.25, -0.2) is 0 Å². The SMILES string of the molecule is O[C@@H]([C@H](O)[C@@H](COCc1ccncc1)OCc1ccncc1)[C@@H](COCc1ccncc1)OCc1ccncc1. The number of nitrogens with zero attached hydrogens (tertiary/aromatic N) is 4. The number of ether oxygens (including phenoxy) is 4. The van der Waals surface area contributed by atoms with Gasteiger partial charge in [0.25, 0.3) is 0 Å². The van der Waals surface area contributed by atoms with Gasteiger partial charge in [-0.2, -0.15) is 0 Å². The highest BCUT2D eigenvalue weighted by molar-refractivity contribution is 5.10. The van der Waals surface area contributed by atoms with Crippen LogP contribution in [0.5, 0.6) is 0 Å². The van der Waals surface area contributed by atoms with Gasteiger partial charge in [0.2, 0.25) is 0 Å². The second kappa shape index (κ2) is 16.5. The van der Waals surface area contributed by atoms with Crippen LogP contribution >= 0.6 is 0 Å². The Labute approximate surface area is 233 Å². The zero-order chi connectivity index (χ0) is 27.8. The Morgan fingerprint density at radius 2 is 0.725 bits per heavy atom. The van der Waals surface area contributed by atoms with Crippen LogP contribution < -0.4 is 0 Å². The average Bonchev–Trinajstić information content (AvgIpc) is 3.02. The summed E-state index contributed by atoms with van der Waals surface area (Å²) in [5.41, 5.74) is 3.62. The summed E-state index contributed by atoms with van der Waals surface area (Å²) in [6, 6.07) is 14.7. The summed E-state index contributed by atoms with van der Waals surface area (Å²) < 4.78 is 23.8. The first kappa shape index (κ1) is 29.3. The Balaban J connectivity index is 1.42. The molecule has 40 heavy (non-hydrogen) atoms. The normalized spacial score (nSPS) is 14.3. The smallest absolute Gasteiger partial charge is 0.111 e. The van der Waals surface area contributed by atoms with E-state index < -0.39 is 24.4 Å². The first-order chi connectivity index (χ1) is 19.7. The molecule has 4 aromatic rings. The van der Waals surface area contributed by atoms with Gasteiger partial charge >= 0.3 is 0 Å². The van der Waals surface area contributed by atoms with E-state index in [-0.39, 0.29) is 26.4 Å². The molecular weight excluding hydrogens is 512 g/mol. The van der Waals surface area contributed by atoms with E-state index in [2.05, 4.69) is 19.9 Å². The van der Waals surface area contributed by atoms with E-state index in [4.69, 9.17) is 18.9 Å². The van der Waals surface area contributed by atoms with Crippen molar-refractivity contribution in [3.8, 4) is 0 Å². The number of hydrogen-bond acceptors (Lipinski definition) is 10. The summed E-state index contributed by atoms with van der Waals surface area (Å²) in [4.78, 5) is 16.1. The van der Waals surface area contributed by atoms with Crippen molar-refractivity contribution in [1.82, 2.24) is 19.9 Å². The number of aromatic nitrogens is 4. The Morgan fingerprint density at radius 3 is 1.02 bits per heavy atom. The third-order valence-corrected chi connectivity index (χ3v) is 6.14. The second-order valence-corrected chi connectivity index (χ2v) is 9.13. The molecule has 0 unspecified atom stereocenters. The average molecular weight is 547 g/mol. The fourth-order valence-corrected chi connectivity index (χ4v) is 3.84. The maximum atomic E-state index is 11.3. The Bertz CT molecular complexity index is 1110. The molecule has 2 N–H and O–H groups in total. The lowest BCUT2D eigenvalue weighted by molar-refractivity contribution is -0.170. The highest BCUT2D eigenvalue weighted by atomic mass is 16.6. The largest absolute Gasteiger partial charge is 0.388 e. The first-order valence-electron chi connectivity index (χ1n) is 13.0. The fraction of sp³-hybridized carbons (Fsp3) is 0.333. The zero-order valence-electron chi connectivity index (χ0n) is 22.1. The van der Waals surface area contributed by atoms with E-state index in [0.717, 1.165) is 22.3 Å². The van der Waals surface area contributed by atoms with Crippen molar-refractivity contribution in [3.05, 3.63) is 120 Å². The molecule has 4 atom stereocenters. The van der Waals surface area contributed by atoms with Crippen LogP contribution in [0.15, 0.2) is 98.1 Å². The van der Waals surface area contributed by atoms with Crippen molar-refractivity contribution in [1.29, 1.82) is 0 Å². The summed E-state index contributed by atoms with van der Waals surface area (Å²) in [6.07, 6.45) is 9.06. The van der Waals surface area contributed by atoms with Crippen LogP contribution in [0, 0.1) is 0 Å². The maximum Gasteiger partial charge on any atom is 0.111 e. The van der Waals surface area contributed by atoms with Crippen molar-refractivity contribution in [2.24, 2.45) is 0 Å². The van der Waals surface area contributed by atoms with Gasteiger partial charge in [-0.3, -0.25) is 19.9 Å². The highest BCUT2D eigenvalue weighted by Crippen LogP contribution is 2.17. The summed E-state index contributed by atoms with van der Waals surface area (Å²) >= 11 is 0. The van der Waals surface area contributed by atoms with Crippen LogP contribution in [0.4, 0.5) is 0 Å². The van der Waals surface area contributed by atoms with E-state index in [1.54, 1.807) is 49.6 Å². The van der Waals surface area contributed by atoms with Crippen molar-refractivity contribution >= 4 is 0 Å². The van der Waals surface area contributed by atoms with Crippen LogP contribution in [0.2, 0.25) is 0 Å². The minimum absolute atomic E-state index is 0.0422. The monoisotopic (exact) mass is 546 g/mol. The van der Waals surface area contributed by atoms with Crippen LogP contribution in [0.25, 0.3) is 0 Å². The molecule has 4 aromatic heterocycles. The molecule has 0 saturated carbocycles. The fourth-order valence-electron chi connectivity index (χ4n) is 3.84. The third-order valence-electron chi connectivity index (χ3n) is 6.14. The maximum absolute atomic E-state index is 11.3. The van der Waals surface area contributed by atoms with Crippen LogP contribution in [-0.2, 0) is 45.4 Å². The molecule has 0 saturated heterocycles. The first-order valence-corrected chi connectivity index (χ1v) is 13.0. The van der Waals surface area contributed by atoms with Crippen molar-refractivity contribution in [3.63, 3.8) is 0 Å². The molecule has 10 heteroatoms. The van der Waals surface area contributed by atoms with Gasteiger partial charge in [0.1, 0.15) is 24.4 Å². The van der Waals surface area contributed by atoms with E-state index >= 15 is 0 Å². The number of aliphatic hydroxyl groups is 2. The number of aliphatic hydroxyl groups excluding tert-OH is 2. The minimum Gasteiger partial charge on any atom is -0.388 e. The molecule has 0 aromatic carbocycles. The molecule has 4 rings (SSSR count). The standard InChI is InChI=1S/C30H34N4O6/c35-29(27(39-19-25-5-13-33-14-6-25)21-37-17-23-1-9-31-10-2-23)30(36)28(40-20-26-7-15-34-16-8-26)22-38-18-24-3-11-32-12-4-24/h1-16,27-30,35-36H,17-22H2/t27-,28-,29-,30-/m1/s1. The van der Waals surface area contributed by atoms with Gasteiger partial charge in [0.15, 0.2) is 0 Å². The summed E-state index contributed by atoms with van der Waals surface area (Å²) in [5.74, 6) is 0. The molecule has 0 aliphatic rings. The lowest BCUT2D eigenvalue weighted by Gasteiger charge is -2.32. The van der Waals surface area contributed by atoms with Gasteiger partial charge < -0.3 is 29.2 Å². The number of pyridine rings is 4. The number of rotatable bonds is 17. The lowest BCUT2D eigenvalue weighted by Crippen LogP contribution is -2.49. The van der Waals surface area contributed by atoms with E-state index in [1.165, 1.54) is 0 Å². The summed E-state index contributed by atoms with van der Waals surface area (Å²) in [5, 5.41) is 22.6. The zero-order valence-corrected chi connectivity index (χ0v) is 22.1. The predicted molar refractivity (Wildman–Crippen MR) is 145 cm³/mol. The lowest BCUT2D eigenvalue weighted by atomic mass is 10.0. The van der Waals surface area contributed by atoms with Crippen LogP contribution in [-0.4, -0.2) is 67.8 Å².